The number of carboxylic acids is 1. The summed E-state index contributed by atoms with van der Waals surface area (Å²) >= 11 is 6.10. The number of methoxy groups -OCH3 is 1. The van der Waals surface area contributed by atoms with Crippen molar-refractivity contribution in [2.24, 2.45) is 0 Å². The average Bonchev–Trinajstić information content (AvgIpc) is 2.70. The van der Waals surface area contributed by atoms with Crippen LogP contribution < -0.4 is 4.74 Å². The molecule has 94 valence electrons. The number of halogens is 1. The first kappa shape index (κ1) is 12.4. The molecule has 0 saturated carbocycles. The summed E-state index contributed by atoms with van der Waals surface area (Å²) in [5.41, 5.74) is 1.50. The largest absolute Gasteiger partial charge is 0.497 e. The van der Waals surface area contributed by atoms with Crippen LogP contribution in [0.1, 0.15) is 16.1 Å². The lowest BCUT2D eigenvalue weighted by molar-refractivity contribution is 0.0697. The van der Waals surface area contributed by atoms with Crippen molar-refractivity contribution in [3.8, 4) is 17.0 Å². The van der Waals surface area contributed by atoms with Crippen molar-refractivity contribution >= 4 is 17.6 Å². The summed E-state index contributed by atoms with van der Waals surface area (Å²) in [6.45, 7) is 1.65. The molecular formula is C12H11ClN2O3. The number of aromatic nitrogens is 2. The van der Waals surface area contributed by atoms with Crippen molar-refractivity contribution < 1.29 is 14.6 Å². The fourth-order valence-electron chi connectivity index (χ4n) is 1.70. The van der Waals surface area contributed by atoms with E-state index in [2.05, 4.69) is 10.2 Å². The Labute approximate surface area is 108 Å². The van der Waals surface area contributed by atoms with Crippen molar-refractivity contribution in [3.63, 3.8) is 0 Å². The van der Waals surface area contributed by atoms with Crippen molar-refractivity contribution in [2.75, 3.05) is 7.11 Å². The molecule has 0 aliphatic carbocycles. The molecule has 1 heterocycles. The molecule has 6 heteroatoms. The Balaban J connectivity index is 2.59. The molecule has 0 fully saturated rings. The van der Waals surface area contributed by atoms with Crippen LogP contribution >= 0.6 is 11.6 Å². The molecule has 1 aromatic heterocycles. The van der Waals surface area contributed by atoms with E-state index in [1.807, 2.05) is 0 Å². The van der Waals surface area contributed by atoms with Gasteiger partial charge in [0.15, 0.2) is 0 Å². The molecule has 0 atom stereocenters. The van der Waals surface area contributed by atoms with E-state index in [9.17, 15) is 4.79 Å². The predicted octanol–water partition coefficient (Wildman–Crippen LogP) is 2.75. The van der Waals surface area contributed by atoms with Crippen LogP contribution in [-0.2, 0) is 0 Å². The summed E-state index contributed by atoms with van der Waals surface area (Å²) in [6, 6.07) is 5.01. The second-order valence-corrected chi connectivity index (χ2v) is 4.13. The normalized spacial score (nSPS) is 10.4. The molecule has 0 aliphatic rings. The van der Waals surface area contributed by atoms with E-state index in [0.717, 1.165) is 0 Å². The Morgan fingerprint density at radius 3 is 2.78 bits per heavy atom. The van der Waals surface area contributed by atoms with Crippen LogP contribution in [0.2, 0.25) is 5.02 Å². The number of ether oxygens (including phenoxy) is 1. The number of rotatable bonds is 3. The monoisotopic (exact) mass is 266 g/mol. The third-order valence-electron chi connectivity index (χ3n) is 2.59. The molecule has 0 radical (unpaired) electrons. The van der Waals surface area contributed by atoms with Gasteiger partial charge in [-0.25, -0.2) is 4.79 Å². The van der Waals surface area contributed by atoms with Crippen molar-refractivity contribution in [1.82, 2.24) is 10.2 Å². The number of carbonyl (C=O) groups is 1. The third-order valence-corrected chi connectivity index (χ3v) is 2.91. The molecule has 2 rings (SSSR count). The van der Waals surface area contributed by atoms with E-state index in [0.29, 0.717) is 27.7 Å². The summed E-state index contributed by atoms with van der Waals surface area (Å²) < 4.78 is 5.04. The highest BCUT2D eigenvalue weighted by Crippen LogP contribution is 2.32. The molecule has 0 bridgehead atoms. The molecule has 0 aliphatic heterocycles. The predicted molar refractivity (Wildman–Crippen MR) is 67.3 cm³/mol. The van der Waals surface area contributed by atoms with Crippen LogP contribution in [0.5, 0.6) is 5.75 Å². The zero-order valence-electron chi connectivity index (χ0n) is 9.82. The lowest BCUT2D eigenvalue weighted by Gasteiger charge is -2.05. The maximum Gasteiger partial charge on any atom is 0.339 e. The van der Waals surface area contributed by atoms with Crippen molar-refractivity contribution in [3.05, 3.63) is 34.5 Å². The first-order chi connectivity index (χ1) is 8.54. The summed E-state index contributed by atoms with van der Waals surface area (Å²) in [7, 11) is 1.53. The van der Waals surface area contributed by atoms with Gasteiger partial charge in [0, 0.05) is 11.3 Å². The highest BCUT2D eigenvalue weighted by molar-refractivity contribution is 6.33. The van der Waals surface area contributed by atoms with Gasteiger partial charge >= 0.3 is 5.97 Å². The van der Waals surface area contributed by atoms with Gasteiger partial charge in [-0.1, -0.05) is 11.6 Å². The van der Waals surface area contributed by atoms with Crippen molar-refractivity contribution in [1.29, 1.82) is 0 Å². The van der Waals surface area contributed by atoms with Gasteiger partial charge in [0.05, 0.1) is 12.1 Å². The van der Waals surface area contributed by atoms with Gasteiger partial charge in [-0.05, 0) is 25.1 Å². The maximum atomic E-state index is 11.2. The van der Waals surface area contributed by atoms with Crippen LogP contribution in [0.3, 0.4) is 0 Å². The van der Waals surface area contributed by atoms with Gasteiger partial charge in [0.2, 0.25) is 0 Å². The number of aromatic carboxylic acids is 1. The molecule has 2 N–H and O–H groups in total. The number of carboxylic acid groups (broad SMARTS) is 1. The highest BCUT2D eigenvalue weighted by atomic mass is 35.5. The third kappa shape index (κ3) is 2.04. The fraction of sp³-hybridized carbons (Fsp3) is 0.167. The van der Waals surface area contributed by atoms with Crippen LogP contribution in [0.25, 0.3) is 11.3 Å². The van der Waals surface area contributed by atoms with Gasteiger partial charge in [-0.3, -0.25) is 5.10 Å². The Bertz CT molecular complexity index is 607. The molecular weight excluding hydrogens is 256 g/mol. The molecule has 18 heavy (non-hydrogen) atoms. The molecule has 5 nitrogen and oxygen atoms in total. The Morgan fingerprint density at radius 2 is 2.22 bits per heavy atom. The van der Waals surface area contributed by atoms with E-state index in [-0.39, 0.29) is 5.56 Å². The minimum Gasteiger partial charge on any atom is -0.497 e. The summed E-state index contributed by atoms with van der Waals surface area (Å²) in [4.78, 5) is 11.2. The molecule has 0 saturated heterocycles. The number of hydrogen-bond acceptors (Lipinski definition) is 3. The summed E-state index contributed by atoms with van der Waals surface area (Å²) in [5.74, 6) is -0.434. The average molecular weight is 267 g/mol. The second-order valence-electron chi connectivity index (χ2n) is 3.72. The standard InChI is InChI=1S/C12H11ClN2O3/c1-6-10(12(16)17)11(15-14-6)8-4-3-7(18-2)5-9(8)13/h3-5H,1-2H3,(H,14,15)(H,16,17). The van der Waals surface area contributed by atoms with Crippen LogP contribution in [0.15, 0.2) is 18.2 Å². The molecule has 0 spiro atoms. The molecule has 1 aromatic carbocycles. The first-order valence-corrected chi connectivity index (χ1v) is 5.54. The number of aryl methyl sites for hydroxylation is 1. The topological polar surface area (TPSA) is 75.2 Å². The quantitative estimate of drug-likeness (QED) is 0.896. The number of nitrogens with zero attached hydrogens (tertiary/aromatic N) is 1. The summed E-state index contributed by atoms with van der Waals surface area (Å²) in [5, 5.41) is 16.2. The Hall–Kier alpha value is -2.01. The minimum atomic E-state index is -1.04. The number of H-pyrrole nitrogens is 1. The maximum absolute atomic E-state index is 11.2. The van der Waals surface area contributed by atoms with Gasteiger partial charge in [0.1, 0.15) is 17.0 Å². The smallest absolute Gasteiger partial charge is 0.339 e. The van der Waals surface area contributed by atoms with Gasteiger partial charge < -0.3 is 9.84 Å². The number of aromatic amines is 1. The molecule has 0 amide bonds. The van der Waals surface area contributed by atoms with E-state index >= 15 is 0 Å². The van der Waals surface area contributed by atoms with Gasteiger partial charge in [-0.2, -0.15) is 5.10 Å². The van der Waals surface area contributed by atoms with Crippen LogP contribution in [0, 0.1) is 6.92 Å². The lowest BCUT2D eigenvalue weighted by atomic mass is 10.1. The van der Waals surface area contributed by atoms with E-state index in [1.54, 1.807) is 25.1 Å². The highest BCUT2D eigenvalue weighted by Gasteiger charge is 2.20. The SMILES string of the molecule is COc1ccc(-c2n[nH]c(C)c2C(=O)O)c(Cl)c1. The van der Waals surface area contributed by atoms with Crippen molar-refractivity contribution in [2.45, 2.75) is 6.92 Å². The number of nitrogens with one attached hydrogen (secondary N) is 1. The minimum absolute atomic E-state index is 0.127. The zero-order chi connectivity index (χ0) is 13.3. The van der Waals surface area contributed by atoms with Crippen LogP contribution in [0.4, 0.5) is 0 Å². The van der Waals surface area contributed by atoms with E-state index in [4.69, 9.17) is 21.4 Å². The Kier molecular flexibility index (Phi) is 3.25. The number of hydrogen-bond donors (Lipinski definition) is 2. The van der Waals surface area contributed by atoms with Gasteiger partial charge in [-0.15, -0.1) is 0 Å². The first-order valence-electron chi connectivity index (χ1n) is 5.16. The summed E-state index contributed by atoms with van der Waals surface area (Å²) in [6.07, 6.45) is 0. The molecule has 0 unspecified atom stereocenters. The number of benzene rings is 1. The van der Waals surface area contributed by atoms with Crippen LogP contribution in [-0.4, -0.2) is 28.4 Å². The molecule has 2 aromatic rings. The van der Waals surface area contributed by atoms with Gasteiger partial charge in [0.25, 0.3) is 0 Å². The lowest BCUT2D eigenvalue weighted by Crippen LogP contribution is -1.99. The Morgan fingerprint density at radius 1 is 1.50 bits per heavy atom. The zero-order valence-corrected chi connectivity index (χ0v) is 10.6. The second kappa shape index (κ2) is 4.70. The van der Waals surface area contributed by atoms with E-state index < -0.39 is 5.97 Å². The van der Waals surface area contributed by atoms with E-state index in [1.165, 1.54) is 7.11 Å². The fourth-order valence-corrected chi connectivity index (χ4v) is 1.96.